The van der Waals surface area contributed by atoms with Crippen molar-refractivity contribution in [2.75, 3.05) is 11.9 Å². The zero-order valence-corrected chi connectivity index (χ0v) is 13.1. The second-order valence-electron chi connectivity index (χ2n) is 5.90. The maximum atomic E-state index is 12.6. The standard InChI is InChI=1S/C16H15N3O3S/c20-13-7-12-14(17-13)18-16(23)19(15(12)21)10-3-5-11(6-4-10)22-8-9-1-2-9/h3-6,9H,1-2,7-8H2,(H,17,20)(H,18,23). The largest absolute Gasteiger partial charge is 0.493 e. The summed E-state index contributed by atoms with van der Waals surface area (Å²) in [7, 11) is 0. The first kappa shape index (κ1) is 14.2. The third kappa shape index (κ3) is 2.68. The molecule has 23 heavy (non-hydrogen) atoms. The Kier molecular flexibility index (Phi) is 3.30. The Labute approximate surface area is 137 Å². The number of nitrogens with zero attached hydrogens (tertiary/aromatic N) is 1. The summed E-state index contributed by atoms with van der Waals surface area (Å²) in [5, 5.41) is 2.61. The van der Waals surface area contributed by atoms with Crippen molar-refractivity contribution in [2.24, 2.45) is 5.92 Å². The van der Waals surface area contributed by atoms with E-state index in [4.69, 9.17) is 17.0 Å². The molecule has 0 atom stereocenters. The van der Waals surface area contributed by atoms with Gasteiger partial charge < -0.3 is 15.0 Å². The van der Waals surface area contributed by atoms with Crippen molar-refractivity contribution >= 4 is 23.9 Å². The Bertz CT molecular complexity index is 894. The smallest absolute Gasteiger partial charge is 0.264 e. The molecule has 0 unspecified atom stereocenters. The number of H-pyrrole nitrogens is 1. The average Bonchev–Trinajstić information content (AvgIpc) is 3.28. The summed E-state index contributed by atoms with van der Waals surface area (Å²) < 4.78 is 7.35. The van der Waals surface area contributed by atoms with Crippen molar-refractivity contribution in [3.8, 4) is 11.4 Å². The summed E-state index contributed by atoms with van der Waals surface area (Å²) in [4.78, 5) is 27.0. The summed E-state index contributed by atoms with van der Waals surface area (Å²) in [5.74, 6) is 1.67. The second-order valence-corrected chi connectivity index (χ2v) is 6.28. The van der Waals surface area contributed by atoms with Gasteiger partial charge in [-0.1, -0.05) is 0 Å². The average molecular weight is 329 g/mol. The zero-order chi connectivity index (χ0) is 16.0. The van der Waals surface area contributed by atoms with Crippen LogP contribution in [0.4, 0.5) is 5.82 Å². The van der Waals surface area contributed by atoms with Crippen molar-refractivity contribution < 1.29 is 9.53 Å². The third-order valence-corrected chi connectivity index (χ3v) is 4.36. The third-order valence-electron chi connectivity index (χ3n) is 4.08. The van der Waals surface area contributed by atoms with Crippen molar-refractivity contribution in [1.29, 1.82) is 0 Å². The SMILES string of the molecule is O=C1Cc2c([nH]c(=S)n(-c3ccc(OCC4CC4)cc3)c2=O)N1. The van der Waals surface area contributed by atoms with Gasteiger partial charge in [-0.25, -0.2) is 0 Å². The minimum absolute atomic E-state index is 0.0723. The number of hydrogen-bond donors (Lipinski definition) is 2. The molecule has 2 aliphatic rings. The minimum atomic E-state index is -0.270. The lowest BCUT2D eigenvalue weighted by Gasteiger charge is -2.10. The van der Waals surface area contributed by atoms with Crippen LogP contribution in [0.25, 0.3) is 5.69 Å². The molecule has 1 aliphatic carbocycles. The normalized spacial score (nSPS) is 16.1. The van der Waals surface area contributed by atoms with Crippen LogP contribution in [0.1, 0.15) is 18.4 Å². The topological polar surface area (TPSA) is 76.1 Å². The van der Waals surface area contributed by atoms with Crippen molar-refractivity contribution in [1.82, 2.24) is 9.55 Å². The fourth-order valence-electron chi connectivity index (χ4n) is 2.61. The highest BCUT2D eigenvalue weighted by Gasteiger charge is 2.24. The first-order chi connectivity index (χ1) is 11.1. The summed E-state index contributed by atoms with van der Waals surface area (Å²) in [6.45, 7) is 0.742. The van der Waals surface area contributed by atoms with Crippen LogP contribution in [0.2, 0.25) is 0 Å². The lowest BCUT2D eigenvalue weighted by atomic mass is 10.2. The second kappa shape index (κ2) is 5.34. The molecule has 0 saturated heterocycles. The van der Waals surface area contributed by atoms with Gasteiger partial charge in [-0.2, -0.15) is 0 Å². The molecule has 2 heterocycles. The molecule has 2 N–H and O–H groups in total. The molecule has 6 nitrogen and oxygen atoms in total. The number of nitrogens with one attached hydrogen (secondary N) is 2. The number of carbonyl (C=O) groups is 1. The van der Waals surface area contributed by atoms with Crippen LogP contribution >= 0.6 is 12.2 Å². The maximum Gasteiger partial charge on any atom is 0.264 e. The van der Waals surface area contributed by atoms with Gasteiger partial charge in [0.05, 0.1) is 24.3 Å². The Morgan fingerprint density at radius 1 is 1.22 bits per heavy atom. The van der Waals surface area contributed by atoms with Crippen LogP contribution in [0, 0.1) is 10.7 Å². The molecular weight excluding hydrogens is 314 g/mol. The van der Waals surface area contributed by atoms with E-state index < -0.39 is 0 Å². The number of anilines is 1. The number of fused-ring (bicyclic) bond motifs is 1. The molecule has 1 fully saturated rings. The number of rotatable bonds is 4. The van der Waals surface area contributed by atoms with Gasteiger partial charge in [0.2, 0.25) is 5.91 Å². The first-order valence-corrected chi connectivity index (χ1v) is 7.94. The predicted molar refractivity (Wildman–Crippen MR) is 87.8 cm³/mol. The minimum Gasteiger partial charge on any atom is -0.493 e. The Balaban J connectivity index is 1.67. The maximum absolute atomic E-state index is 12.6. The molecule has 7 heteroatoms. The first-order valence-electron chi connectivity index (χ1n) is 7.53. The van der Waals surface area contributed by atoms with E-state index in [2.05, 4.69) is 10.3 Å². The van der Waals surface area contributed by atoms with Gasteiger partial charge in [0, 0.05) is 0 Å². The van der Waals surface area contributed by atoms with Gasteiger partial charge in [0.1, 0.15) is 11.6 Å². The Morgan fingerprint density at radius 3 is 2.65 bits per heavy atom. The molecule has 1 aromatic heterocycles. The lowest BCUT2D eigenvalue weighted by molar-refractivity contribution is -0.115. The van der Waals surface area contributed by atoms with E-state index in [0.717, 1.165) is 12.4 Å². The van der Waals surface area contributed by atoms with Crippen molar-refractivity contribution in [3.63, 3.8) is 0 Å². The van der Waals surface area contributed by atoms with Crippen molar-refractivity contribution in [2.45, 2.75) is 19.3 Å². The van der Waals surface area contributed by atoms with Gasteiger partial charge >= 0.3 is 0 Å². The van der Waals surface area contributed by atoms with Crippen LogP contribution in [0.3, 0.4) is 0 Å². The highest BCUT2D eigenvalue weighted by atomic mass is 32.1. The molecule has 1 saturated carbocycles. The van der Waals surface area contributed by atoms with E-state index in [-0.39, 0.29) is 22.7 Å². The van der Waals surface area contributed by atoms with Crippen LogP contribution in [-0.2, 0) is 11.2 Å². The Hall–Kier alpha value is -2.41. The fraction of sp³-hybridized carbons (Fsp3) is 0.312. The summed E-state index contributed by atoms with van der Waals surface area (Å²) in [6.07, 6.45) is 2.55. The molecular formula is C16H15N3O3S. The number of amides is 1. The van der Waals surface area contributed by atoms with E-state index in [9.17, 15) is 9.59 Å². The fourth-order valence-corrected chi connectivity index (χ4v) is 2.90. The van der Waals surface area contributed by atoms with E-state index in [1.807, 2.05) is 12.1 Å². The Morgan fingerprint density at radius 2 is 1.96 bits per heavy atom. The summed E-state index contributed by atoms with van der Waals surface area (Å²) >= 11 is 5.25. The quantitative estimate of drug-likeness (QED) is 0.843. The summed E-state index contributed by atoms with van der Waals surface area (Å²) in [6, 6.07) is 7.25. The molecule has 0 spiro atoms. The number of aromatic amines is 1. The molecule has 1 aromatic carbocycles. The van der Waals surface area contributed by atoms with Gasteiger partial charge in [-0.3, -0.25) is 14.2 Å². The number of carbonyl (C=O) groups excluding carboxylic acids is 1. The number of aromatic nitrogens is 2. The molecule has 1 amide bonds. The molecule has 2 aromatic rings. The van der Waals surface area contributed by atoms with Crippen LogP contribution < -0.4 is 15.6 Å². The summed E-state index contributed by atoms with van der Waals surface area (Å²) in [5.41, 5.74) is 0.795. The molecule has 0 radical (unpaired) electrons. The highest BCUT2D eigenvalue weighted by Crippen LogP contribution is 2.29. The van der Waals surface area contributed by atoms with Crippen LogP contribution in [0.15, 0.2) is 29.1 Å². The highest BCUT2D eigenvalue weighted by molar-refractivity contribution is 7.71. The van der Waals surface area contributed by atoms with Crippen LogP contribution in [-0.4, -0.2) is 22.1 Å². The van der Waals surface area contributed by atoms with E-state index in [1.165, 1.54) is 17.4 Å². The zero-order valence-electron chi connectivity index (χ0n) is 12.3. The number of ether oxygens (including phenoxy) is 1. The van der Waals surface area contributed by atoms with E-state index >= 15 is 0 Å². The molecule has 4 rings (SSSR count). The van der Waals surface area contributed by atoms with Gasteiger partial charge in [0.15, 0.2) is 4.77 Å². The monoisotopic (exact) mass is 329 g/mol. The number of hydrogen-bond acceptors (Lipinski definition) is 4. The van der Waals surface area contributed by atoms with Gasteiger partial charge in [0.25, 0.3) is 5.56 Å². The lowest BCUT2D eigenvalue weighted by Crippen LogP contribution is -2.23. The predicted octanol–water partition coefficient (Wildman–Crippen LogP) is 2.18. The van der Waals surface area contributed by atoms with Crippen LogP contribution in [0.5, 0.6) is 5.75 Å². The molecule has 0 bridgehead atoms. The number of benzene rings is 1. The van der Waals surface area contributed by atoms with E-state index in [0.29, 0.717) is 23.0 Å². The van der Waals surface area contributed by atoms with Gasteiger partial charge in [-0.05, 0) is 55.2 Å². The van der Waals surface area contributed by atoms with E-state index in [1.54, 1.807) is 12.1 Å². The molecule has 1 aliphatic heterocycles. The molecule has 118 valence electrons. The van der Waals surface area contributed by atoms with Gasteiger partial charge in [-0.15, -0.1) is 0 Å². The van der Waals surface area contributed by atoms with Crippen molar-refractivity contribution in [3.05, 3.63) is 45.0 Å².